The molecule has 0 aliphatic rings. The van der Waals surface area contributed by atoms with Gasteiger partial charge in [-0.25, -0.2) is 0 Å². The first-order chi connectivity index (χ1) is 11.4. The third kappa shape index (κ3) is 3.73. The Morgan fingerprint density at radius 3 is 2.62 bits per heavy atom. The first-order valence-electron chi connectivity index (χ1n) is 6.91. The van der Waals surface area contributed by atoms with Crippen LogP contribution in [0.2, 0.25) is 10.0 Å². The van der Waals surface area contributed by atoms with Crippen LogP contribution in [-0.2, 0) is 13.6 Å². The molecule has 3 rings (SSSR count). The second-order valence-corrected chi connectivity index (χ2v) is 7.04. The van der Waals surface area contributed by atoms with Crippen molar-refractivity contribution in [2.75, 3.05) is 5.32 Å². The predicted octanol–water partition coefficient (Wildman–Crippen LogP) is 3.83. The molecule has 0 aliphatic carbocycles. The van der Waals surface area contributed by atoms with Crippen LogP contribution < -0.4 is 5.32 Å². The van der Waals surface area contributed by atoms with Gasteiger partial charge in [-0.1, -0.05) is 41.4 Å². The van der Waals surface area contributed by atoms with E-state index in [1.807, 2.05) is 24.3 Å². The van der Waals surface area contributed by atoms with Crippen LogP contribution in [0, 0.1) is 3.57 Å². The summed E-state index contributed by atoms with van der Waals surface area (Å²) >= 11 is 14.4. The van der Waals surface area contributed by atoms with E-state index in [4.69, 9.17) is 23.2 Å². The number of rotatable bonds is 4. The molecule has 0 saturated carbocycles. The molecule has 1 N–H and O–H groups in total. The zero-order chi connectivity index (χ0) is 17.3. The number of amides is 1. The Bertz CT molecular complexity index is 905. The number of anilines is 1. The molecule has 2 aromatic heterocycles. The van der Waals surface area contributed by atoms with Gasteiger partial charge in [-0.05, 0) is 34.2 Å². The molecule has 0 unspecified atom stereocenters. The van der Waals surface area contributed by atoms with E-state index in [1.165, 1.54) is 0 Å². The van der Waals surface area contributed by atoms with Gasteiger partial charge in [0, 0.05) is 24.5 Å². The average molecular weight is 476 g/mol. The van der Waals surface area contributed by atoms with Crippen LogP contribution in [0.4, 0.5) is 5.82 Å². The highest BCUT2D eigenvalue weighted by atomic mass is 127. The molecule has 124 valence electrons. The van der Waals surface area contributed by atoms with Gasteiger partial charge < -0.3 is 5.32 Å². The van der Waals surface area contributed by atoms with E-state index in [0.29, 0.717) is 22.3 Å². The molecule has 2 heterocycles. The number of aromatic nitrogens is 4. The molecule has 0 atom stereocenters. The summed E-state index contributed by atoms with van der Waals surface area (Å²) < 4.78 is 3.95. The summed E-state index contributed by atoms with van der Waals surface area (Å²) in [4.78, 5) is 12.3. The van der Waals surface area contributed by atoms with Crippen molar-refractivity contribution in [3.63, 3.8) is 0 Å². The molecular formula is C15H12Cl2IN5O. The van der Waals surface area contributed by atoms with E-state index in [0.717, 1.165) is 9.13 Å². The summed E-state index contributed by atoms with van der Waals surface area (Å²) in [6.07, 6.45) is 3.40. The fourth-order valence-electron chi connectivity index (χ4n) is 2.14. The minimum Gasteiger partial charge on any atom is -0.302 e. The Morgan fingerprint density at radius 2 is 1.96 bits per heavy atom. The molecule has 0 saturated heterocycles. The van der Waals surface area contributed by atoms with Crippen molar-refractivity contribution in [2.45, 2.75) is 6.54 Å². The van der Waals surface area contributed by atoms with E-state index in [-0.39, 0.29) is 11.7 Å². The lowest BCUT2D eigenvalue weighted by atomic mass is 10.2. The summed E-state index contributed by atoms with van der Waals surface area (Å²) in [7, 11) is 1.75. The zero-order valence-electron chi connectivity index (χ0n) is 12.5. The van der Waals surface area contributed by atoms with E-state index in [9.17, 15) is 4.79 Å². The van der Waals surface area contributed by atoms with Gasteiger partial charge in [0.25, 0.3) is 5.91 Å². The van der Waals surface area contributed by atoms with Gasteiger partial charge in [-0.2, -0.15) is 10.2 Å². The van der Waals surface area contributed by atoms with Crippen LogP contribution in [0.15, 0.2) is 36.7 Å². The molecule has 0 fully saturated rings. The topological polar surface area (TPSA) is 64.7 Å². The molecule has 9 heteroatoms. The van der Waals surface area contributed by atoms with Gasteiger partial charge in [0.1, 0.15) is 5.02 Å². The van der Waals surface area contributed by atoms with Gasteiger partial charge >= 0.3 is 0 Å². The second-order valence-electron chi connectivity index (χ2n) is 5.07. The smallest absolute Gasteiger partial charge is 0.278 e. The molecule has 1 aromatic carbocycles. The van der Waals surface area contributed by atoms with Crippen molar-refractivity contribution < 1.29 is 4.79 Å². The van der Waals surface area contributed by atoms with E-state index in [2.05, 4.69) is 38.1 Å². The maximum atomic E-state index is 12.3. The Kier molecular flexibility index (Phi) is 5.12. The maximum absolute atomic E-state index is 12.3. The van der Waals surface area contributed by atoms with Gasteiger partial charge in [0.05, 0.1) is 10.1 Å². The number of aryl methyl sites for hydroxylation is 1. The highest BCUT2D eigenvalue weighted by Crippen LogP contribution is 2.23. The monoisotopic (exact) mass is 475 g/mol. The molecular weight excluding hydrogens is 464 g/mol. The van der Waals surface area contributed by atoms with Gasteiger partial charge in [-0.3, -0.25) is 14.2 Å². The molecule has 3 aromatic rings. The fraction of sp³-hybridized carbons (Fsp3) is 0.133. The average Bonchev–Trinajstić information content (AvgIpc) is 3.04. The van der Waals surface area contributed by atoms with Crippen LogP contribution >= 0.6 is 45.8 Å². The summed E-state index contributed by atoms with van der Waals surface area (Å²) in [5.41, 5.74) is 1.24. The SMILES string of the molecule is Cn1cc(I)c(C(=O)Nc2nn(Cc3ccccc3Cl)cc2Cl)n1. The third-order valence-electron chi connectivity index (χ3n) is 3.24. The van der Waals surface area contributed by atoms with Crippen LogP contribution in [0.5, 0.6) is 0 Å². The number of nitrogens with zero attached hydrogens (tertiary/aromatic N) is 4. The van der Waals surface area contributed by atoms with Gasteiger partial charge in [0.2, 0.25) is 0 Å². The van der Waals surface area contributed by atoms with Crippen LogP contribution in [-0.4, -0.2) is 25.5 Å². The quantitative estimate of drug-likeness (QED) is 0.583. The number of benzene rings is 1. The van der Waals surface area contributed by atoms with E-state index < -0.39 is 0 Å². The van der Waals surface area contributed by atoms with Crippen LogP contribution in [0.3, 0.4) is 0 Å². The molecule has 6 nitrogen and oxygen atoms in total. The lowest BCUT2D eigenvalue weighted by molar-refractivity contribution is 0.102. The normalized spacial score (nSPS) is 10.8. The Balaban J connectivity index is 1.78. The molecule has 24 heavy (non-hydrogen) atoms. The van der Waals surface area contributed by atoms with Crippen LogP contribution in [0.1, 0.15) is 16.1 Å². The summed E-state index contributed by atoms with van der Waals surface area (Å²) in [6, 6.07) is 7.49. The second kappa shape index (κ2) is 7.12. The first kappa shape index (κ1) is 17.2. The number of hydrogen-bond donors (Lipinski definition) is 1. The standard InChI is InChI=1S/C15H12Cl2IN5O/c1-22-8-12(18)13(20-22)15(24)19-14-11(17)7-23(21-14)6-9-4-2-3-5-10(9)16/h2-5,7-8H,6H2,1H3,(H,19,21,24). The van der Waals surface area contributed by atoms with Gasteiger partial charge in [0.15, 0.2) is 11.5 Å². The number of nitrogens with one attached hydrogen (secondary N) is 1. The van der Waals surface area contributed by atoms with Gasteiger partial charge in [-0.15, -0.1) is 0 Å². The molecule has 1 amide bonds. The van der Waals surface area contributed by atoms with Crippen molar-refractivity contribution >= 4 is 57.5 Å². The van der Waals surface area contributed by atoms with E-state index in [1.54, 1.807) is 28.8 Å². The number of carbonyl (C=O) groups is 1. The minimum absolute atomic E-state index is 0.287. The van der Waals surface area contributed by atoms with Crippen molar-refractivity contribution in [1.82, 2.24) is 19.6 Å². The summed E-state index contributed by atoms with van der Waals surface area (Å²) in [5.74, 6) is -0.0694. The number of halogens is 3. The van der Waals surface area contributed by atoms with Crippen molar-refractivity contribution in [2.24, 2.45) is 7.05 Å². The minimum atomic E-state index is -0.357. The first-order valence-corrected chi connectivity index (χ1v) is 8.74. The number of carbonyl (C=O) groups excluding carboxylic acids is 1. The summed E-state index contributed by atoms with van der Waals surface area (Å²) in [5, 5.41) is 12.1. The van der Waals surface area contributed by atoms with Crippen molar-refractivity contribution in [1.29, 1.82) is 0 Å². The Hall–Kier alpha value is -1.58. The number of hydrogen-bond acceptors (Lipinski definition) is 3. The lowest BCUT2D eigenvalue weighted by Crippen LogP contribution is -2.15. The molecule has 0 bridgehead atoms. The highest BCUT2D eigenvalue weighted by molar-refractivity contribution is 14.1. The molecule has 0 spiro atoms. The molecule has 0 radical (unpaired) electrons. The largest absolute Gasteiger partial charge is 0.302 e. The highest BCUT2D eigenvalue weighted by Gasteiger charge is 2.17. The van der Waals surface area contributed by atoms with Crippen molar-refractivity contribution in [3.8, 4) is 0 Å². The lowest BCUT2D eigenvalue weighted by Gasteiger charge is -2.04. The zero-order valence-corrected chi connectivity index (χ0v) is 16.2. The van der Waals surface area contributed by atoms with Crippen molar-refractivity contribution in [3.05, 3.63) is 61.5 Å². The van der Waals surface area contributed by atoms with Crippen LogP contribution in [0.25, 0.3) is 0 Å². The van der Waals surface area contributed by atoms with E-state index >= 15 is 0 Å². The summed E-state index contributed by atoms with van der Waals surface area (Å²) in [6.45, 7) is 0.455. The third-order valence-corrected chi connectivity index (χ3v) is 4.67. The predicted molar refractivity (Wildman–Crippen MR) is 102 cm³/mol. The Morgan fingerprint density at radius 1 is 1.21 bits per heavy atom. The fourth-order valence-corrected chi connectivity index (χ4v) is 3.29. The molecule has 0 aliphatic heterocycles. The maximum Gasteiger partial charge on any atom is 0.278 e. The Labute approximate surface area is 161 Å².